The zero-order valence-electron chi connectivity index (χ0n) is 9.46. The summed E-state index contributed by atoms with van der Waals surface area (Å²) in [4.78, 5) is 39.2. The minimum absolute atomic E-state index is 0.0515. The zero-order chi connectivity index (χ0) is 14.0. The number of hydrogen-bond donors (Lipinski definition) is 2. The summed E-state index contributed by atoms with van der Waals surface area (Å²) in [6, 6.07) is 2.86. The minimum Gasteiger partial charge on any atom is -0.478 e. The number of aromatic carboxylic acids is 1. The molecule has 0 radical (unpaired) electrons. The number of rotatable bonds is 3. The van der Waals surface area contributed by atoms with E-state index in [1.807, 2.05) is 0 Å². The average Bonchev–Trinajstić information content (AvgIpc) is 2.36. The van der Waals surface area contributed by atoms with Crippen LogP contribution in [-0.4, -0.2) is 25.6 Å². The molecule has 98 valence electrons. The molecule has 0 aromatic carbocycles. The molecule has 2 aromatic heterocycles. The number of nitrogens with one attached hydrogen (secondary N) is 1. The molecular weight excluding hydrogens is 274 g/mol. The van der Waals surface area contributed by atoms with Crippen LogP contribution in [0.25, 0.3) is 0 Å². The molecule has 0 bridgehead atoms. The van der Waals surface area contributed by atoms with E-state index in [9.17, 15) is 14.4 Å². The number of aromatic nitrogens is 3. The van der Waals surface area contributed by atoms with Crippen molar-refractivity contribution in [3.05, 3.63) is 61.6 Å². The highest BCUT2D eigenvalue weighted by molar-refractivity contribution is 6.30. The van der Waals surface area contributed by atoms with Gasteiger partial charge in [0.2, 0.25) is 0 Å². The first-order chi connectivity index (χ1) is 8.97. The summed E-state index contributed by atoms with van der Waals surface area (Å²) >= 11 is 5.62. The van der Waals surface area contributed by atoms with Crippen LogP contribution in [0.2, 0.25) is 5.02 Å². The minimum atomic E-state index is -1.08. The molecule has 0 aliphatic carbocycles. The molecule has 2 rings (SSSR count). The number of carboxylic acid groups (broad SMARTS) is 1. The van der Waals surface area contributed by atoms with Crippen molar-refractivity contribution in [2.24, 2.45) is 0 Å². The third-order valence-electron chi connectivity index (χ3n) is 2.37. The van der Waals surface area contributed by atoms with Crippen molar-refractivity contribution in [3.8, 4) is 0 Å². The Morgan fingerprint density at radius 2 is 2.16 bits per heavy atom. The van der Waals surface area contributed by atoms with Crippen LogP contribution >= 0.6 is 11.6 Å². The van der Waals surface area contributed by atoms with Crippen LogP contribution in [0.15, 0.2) is 34.1 Å². The summed E-state index contributed by atoms with van der Waals surface area (Å²) < 4.78 is 1.17. The number of pyridine rings is 1. The quantitative estimate of drug-likeness (QED) is 0.843. The maximum absolute atomic E-state index is 11.5. The van der Waals surface area contributed by atoms with Crippen LogP contribution in [0.5, 0.6) is 0 Å². The SMILES string of the molecule is O=C(O)c1ccc(Cn2cc(Cl)c(=O)[nH]c2=O)nc1. The van der Waals surface area contributed by atoms with Crippen molar-refractivity contribution in [2.75, 3.05) is 0 Å². The van der Waals surface area contributed by atoms with Gasteiger partial charge < -0.3 is 5.11 Å². The van der Waals surface area contributed by atoms with E-state index in [2.05, 4.69) is 9.97 Å². The number of H-pyrrole nitrogens is 1. The van der Waals surface area contributed by atoms with Gasteiger partial charge in [0.15, 0.2) is 0 Å². The second-order valence-electron chi connectivity index (χ2n) is 3.71. The molecule has 2 heterocycles. The van der Waals surface area contributed by atoms with Gasteiger partial charge >= 0.3 is 11.7 Å². The fraction of sp³-hybridized carbons (Fsp3) is 0.0909. The molecule has 7 nitrogen and oxygen atoms in total. The summed E-state index contributed by atoms with van der Waals surface area (Å²) in [5.74, 6) is -1.08. The Labute approximate surface area is 111 Å². The Balaban J connectivity index is 2.31. The highest BCUT2D eigenvalue weighted by atomic mass is 35.5. The Hall–Kier alpha value is -2.41. The molecule has 0 spiro atoms. The van der Waals surface area contributed by atoms with Gasteiger partial charge in [-0.05, 0) is 12.1 Å². The van der Waals surface area contributed by atoms with Crippen molar-refractivity contribution >= 4 is 17.6 Å². The van der Waals surface area contributed by atoms with E-state index in [4.69, 9.17) is 16.7 Å². The fourth-order valence-electron chi connectivity index (χ4n) is 1.42. The molecular formula is C11H8ClN3O4. The normalized spacial score (nSPS) is 10.4. The van der Waals surface area contributed by atoms with Crippen molar-refractivity contribution in [1.82, 2.24) is 14.5 Å². The summed E-state index contributed by atoms with van der Waals surface area (Å²) in [5.41, 5.74) is -0.749. The van der Waals surface area contributed by atoms with Gasteiger partial charge in [-0.3, -0.25) is 19.3 Å². The molecule has 0 fully saturated rings. The third kappa shape index (κ3) is 2.89. The molecule has 0 aliphatic heterocycles. The number of carboxylic acids is 1. The smallest absolute Gasteiger partial charge is 0.337 e. The summed E-state index contributed by atoms with van der Waals surface area (Å²) in [6.45, 7) is 0.0786. The first kappa shape index (κ1) is 13.0. The summed E-state index contributed by atoms with van der Waals surface area (Å²) in [7, 11) is 0. The maximum Gasteiger partial charge on any atom is 0.337 e. The number of hydrogen-bond acceptors (Lipinski definition) is 4. The molecule has 19 heavy (non-hydrogen) atoms. The first-order valence-electron chi connectivity index (χ1n) is 5.15. The molecule has 0 atom stereocenters. The number of halogens is 1. The van der Waals surface area contributed by atoms with Crippen LogP contribution in [0, 0.1) is 0 Å². The summed E-state index contributed by atoms with van der Waals surface area (Å²) in [6.07, 6.45) is 2.39. The Bertz CT molecular complexity index is 733. The first-order valence-corrected chi connectivity index (χ1v) is 5.52. The summed E-state index contributed by atoms with van der Waals surface area (Å²) in [5, 5.41) is 8.61. The van der Waals surface area contributed by atoms with Gasteiger partial charge in [0.05, 0.1) is 17.8 Å². The van der Waals surface area contributed by atoms with E-state index in [1.54, 1.807) is 0 Å². The lowest BCUT2D eigenvalue weighted by atomic mass is 10.2. The maximum atomic E-state index is 11.5. The van der Waals surface area contributed by atoms with E-state index in [0.29, 0.717) is 5.69 Å². The predicted molar refractivity (Wildman–Crippen MR) is 66.6 cm³/mol. The van der Waals surface area contributed by atoms with E-state index in [-0.39, 0.29) is 17.1 Å². The Morgan fingerprint density at radius 3 is 2.74 bits per heavy atom. The highest BCUT2D eigenvalue weighted by Gasteiger charge is 2.06. The van der Waals surface area contributed by atoms with Crippen molar-refractivity contribution in [2.45, 2.75) is 6.54 Å². The van der Waals surface area contributed by atoms with Gasteiger partial charge in [-0.25, -0.2) is 9.59 Å². The Morgan fingerprint density at radius 1 is 1.42 bits per heavy atom. The van der Waals surface area contributed by atoms with Gasteiger partial charge in [0.25, 0.3) is 5.56 Å². The van der Waals surface area contributed by atoms with E-state index in [1.165, 1.54) is 29.1 Å². The lowest BCUT2D eigenvalue weighted by molar-refractivity contribution is 0.0696. The van der Waals surface area contributed by atoms with Crippen LogP contribution in [0.3, 0.4) is 0 Å². The zero-order valence-corrected chi connectivity index (χ0v) is 10.2. The van der Waals surface area contributed by atoms with Gasteiger partial charge in [0.1, 0.15) is 5.02 Å². The van der Waals surface area contributed by atoms with Crippen LogP contribution in [0.1, 0.15) is 16.1 Å². The topological polar surface area (TPSA) is 105 Å². The average molecular weight is 282 g/mol. The molecule has 0 saturated carbocycles. The molecule has 0 unspecified atom stereocenters. The lowest BCUT2D eigenvalue weighted by Gasteiger charge is -2.05. The van der Waals surface area contributed by atoms with Gasteiger partial charge in [0, 0.05) is 12.4 Å². The molecule has 0 amide bonds. The predicted octanol–water partition coefficient (Wildman–Crippen LogP) is 0.331. The van der Waals surface area contributed by atoms with Crippen LogP contribution in [0.4, 0.5) is 0 Å². The molecule has 0 saturated heterocycles. The lowest BCUT2D eigenvalue weighted by Crippen LogP contribution is -2.30. The van der Waals surface area contributed by atoms with Crippen molar-refractivity contribution in [1.29, 1.82) is 0 Å². The number of carbonyl (C=O) groups is 1. The van der Waals surface area contributed by atoms with Crippen molar-refractivity contribution in [3.63, 3.8) is 0 Å². The third-order valence-corrected chi connectivity index (χ3v) is 2.64. The van der Waals surface area contributed by atoms with Crippen LogP contribution in [-0.2, 0) is 6.54 Å². The Kier molecular flexibility index (Phi) is 3.48. The van der Waals surface area contributed by atoms with E-state index < -0.39 is 17.2 Å². The largest absolute Gasteiger partial charge is 0.478 e. The highest BCUT2D eigenvalue weighted by Crippen LogP contribution is 2.03. The molecule has 2 aromatic rings. The van der Waals surface area contributed by atoms with Gasteiger partial charge in [-0.2, -0.15) is 0 Å². The molecule has 2 N–H and O–H groups in total. The second-order valence-corrected chi connectivity index (χ2v) is 4.11. The fourth-order valence-corrected chi connectivity index (χ4v) is 1.58. The monoisotopic (exact) mass is 281 g/mol. The van der Waals surface area contributed by atoms with Gasteiger partial charge in [-0.1, -0.05) is 11.6 Å². The number of nitrogens with zero attached hydrogens (tertiary/aromatic N) is 2. The van der Waals surface area contributed by atoms with Crippen molar-refractivity contribution < 1.29 is 9.90 Å². The van der Waals surface area contributed by atoms with Gasteiger partial charge in [-0.15, -0.1) is 0 Å². The number of aromatic amines is 1. The standard InChI is InChI=1S/C11H8ClN3O4/c12-8-5-15(11(19)14-9(8)16)4-7-2-1-6(3-13-7)10(17)18/h1-3,5H,4H2,(H,17,18)(H,14,16,19). The van der Waals surface area contributed by atoms with Crippen LogP contribution < -0.4 is 11.2 Å². The second kappa shape index (κ2) is 5.07. The molecule has 0 aliphatic rings. The molecule has 8 heteroatoms. The van der Waals surface area contributed by atoms with E-state index >= 15 is 0 Å². The van der Waals surface area contributed by atoms with E-state index in [0.717, 1.165) is 0 Å².